The van der Waals surface area contributed by atoms with Crippen molar-refractivity contribution in [3.63, 3.8) is 0 Å². The zero-order valence-electron chi connectivity index (χ0n) is 11.4. The zero-order valence-corrected chi connectivity index (χ0v) is 12.2. The standard InChI is InChI=1S/C12H18FN5.ClH/c1-4-17-8-11(9(3)16-17)14-6-10-7-15-18(5-2)12(10)13;/h7-8,14H,4-6H2,1-3H3;1H. The Morgan fingerprint density at radius 3 is 2.58 bits per heavy atom. The molecular formula is C12H19ClFN5. The molecule has 0 saturated carbocycles. The Bertz CT molecular complexity index is 532. The second-order valence-electron chi connectivity index (χ2n) is 4.11. The first-order valence-corrected chi connectivity index (χ1v) is 6.13. The van der Waals surface area contributed by atoms with Gasteiger partial charge in [-0.25, -0.2) is 4.68 Å². The van der Waals surface area contributed by atoms with Crippen LogP contribution in [-0.4, -0.2) is 19.6 Å². The first-order chi connectivity index (χ1) is 8.65. The van der Waals surface area contributed by atoms with Gasteiger partial charge in [0, 0.05) is 31.4 Å². The number of nitrogens with zero attached hydrogens (tertiary/aromatic N) is 4. The monoisotopic (exact) mass is 287 g/mol. The number of anilines is 1. The predicted octanol–water partition coefficient (Wildman–Crippen LogP) is 2.60. The Hall–Kier alpha value is -1.56. The average molecular weight is 288 g/mol. The fraction of sp³-hybridized carbons (Fsp3) is 0.500. The molecule has 0 bridgehead atoms. The molecule has 0 aromatic carbocycles. The van der Waals surface area contributed by atoms with Gasteiger partial charge in [-0.2, -0.15) is 14.6 Å². The molecule has 0 atom stereocenters. The number of aryl methyl sites for hydroxylation is 3. The van der Waals surface area contributed by atoms with Crippen LogP contribution in [0.2, 0.25) is 0 Å². The molecule has 0 saturated heterocycles. The summed E-state index contributed by atoms with van der Waals surface area (Å²) < 4.78 is 16.9. The highest BCUT2D eigenvalue weighted by atomic mass is 35.5. The summed E-state index contributed by atoms with van der Waals surface area (Å²) in [5, 5.41) is 11.5. The van der Waals surface area contributed by atoms with Gasteiger partial charge >= 0.3 is 0 Å². The molecule has 5 nitrogen and oxygen atoms in total. The van der Waals surface area contributed by atoms with E-state index in [1.807, 2.05) is 31.6 Å². The van der Waals surface area contributed by atoms with E-state index >= 15 is 0 Å². The van der Waals surface area contributed by atoms with Crippen LogP contribution in [-0.2, 0) is 19.6 Å². The van der Waals surface area contributed by atoms with Crippen molar-refractivity contribution in [3.05, 3.63) is 29.6 Å². The number of nitrogens with one attached hydrogen (secondary N) is 1. The molecule has 0 unspecified atom stereocenters. The molecule has 2 rings (SSSR count). The largest absolute Gasteiger partial charge is 0.378 e. The summed E-state index contributed by atoms with van der Waals surface area (Å²) in [6.07, 6.45) is 3.49. The highest BCUT2D eigenvalue weighted by Gasteiger charge is 2.10. The highest BCUT2D eigenvalue weighted by Crippen LogP contribution is 2.15. The maximum absolute atomic E-state index is 13.7. The van der Waals surface area contributed by atoms with E-state index in [2.05, 4.69) is 15.5 Å². The fourth-order valence-electron chi connectivity index (χ4n) is 1.79. The van der Waals surface area contributed by atoms with E-state index in [1.165, 1.54) is 4.68 Å². The van der Waals surface area contributed by atoms with E-state index in [0.29, 0.717) is 18.7 Å². The molecule has 0 aliphatic rings. The molecule has 0 fully saturated rings. The number of rotatable bonds is 5. The van der Waals surface area contributed by atoms with E-state index in [1.54, 1.807) is 6.20 Å². The Balaban J connectivity index is 0.00000180. The maximum Gasteiger partial charge on any atom is 0.216 e. The molecule has 0 aliphatic heterocycles. The topological polar surface area (TPSA) is 47.7 Å². The van der Waals surface area contributed by atoms with Gasteiger partial charge in [0.15, 0.2) is 0 Å². The van der Waals surface area contributed by atoms with Gasteiger partial charge in [0.05, 0.1) is 17.6 Å². The first kappa shape index (κ1) is 15.5. The van der Waals surface area contributed by atoms with Crippen LogP contribution < -0.4 is 5.32 Å². The summed E-state index contributed by atoms with van der Waals surface area (Å²) in [4.78, 5) is 0. The molecule has 1 N–H and O–H groups in total. The third kappa shape index (κ3) is 3.26. The fourth-order valence-corrected chi connectivity index (χ4v) is 1.79. The van der Waals surface area contributed by atoms with Crippen LogP contribution in [0.15, 0.2) is 12.4 Å². The van der Waals surface area contributed by atoms with Crippen LogP contribution in [0, 0.1) is 12.9 Å². The highest BCUT2D eigenvalue weighted by molar-refractivity contribution is 5.85. The second kappa shape index (κ2) is 6.56. The molecule has 2 aromatic heterocycles. The van der Waals surface area contributed by atoms with Gasteiger partial charge < -0.3 is 5.32 Å². The minimum absolute atomic E-state index is 0. The first-order valence-electron chi connectivity index (χ1n) is 6.13. The van der Waals surface area contributed by atoms with Crippen LogP contribution in [0.25, 0.3) is 0 Å². The lowest BCUT2D eigenvalue weighted by atomic mass is 10.3. The minimum Gasteiger partial charge on any atom is -0.378 e. The molecule has 7 heteroatoms. The quantitative estimate of drug-likeness (QED) is 0.919. The number of aromatic nitrogens is 4. The van der Waals surface area contributed by atoms with Crippen LogP contribution in [0.3, 0.4) is 0 Å². The van der Waals surface area contributed by atoms with Gasteiger partial charge in [0.1, 0.15) is 0 Å². The molecule has 0 amide bonds. The minimum atomic E-state index is -0.273. The van der Waals surface area contributed by atoms with Crippen LogP contribution in [0.5, 0.6) is 0 Å². The molecule has 0 aliphatic carbocycles. The number of halogens is 2. The molecule has 2 aromatic rings. The van der Waals surface area contributed by atoms with Gasteiger partial charge in [-0.15, -0.1) is 12.4 Å². The third-order valence-corrected chi connectivity index (χ3v) is 2.88. The van der Waals surface area contributed by atoms with Crippen molar-refractivity contribution in [2.24, 2.45) is 0 Å². The summed E-state index contributed by atoms with van der Waals surface area (Å²) in [5.41, 5.74) is 2.42. The summed E-state index contributed by atoms with van der Waals surface area (Å²) in [6, 6.07) is 0. The normalized spacial score (nSPS) is 10.3. The molecule has 19 heavy (non-hydrogen) atoms. The van der Waals surface area contributed by atoms with E-state index in [9.17, 15) is 4.39 Å². The average Bonchev–Trinajstić information content (AvgIpc) is 2.90. The van der Waals surface area contributed by atoms with Gasteiger partial charge in [0.25, 0.3) is 0 Å². The second-order valence-corrected chi connectivity index (χ2v) is 4.11. The molecule has 0 spiro atoms. The summed E-state index contributed by atoms with van der Waals surface area (Å²) in [6.45, 7) is 7.61. The van der Waals surface area contributed by atoms with Crippen molar-refractivity contribution in [1.29, 1.82) is 0 Å². The van der Waals surface area contributed by atoms with Crippen molar-refractivity contribution in [2.45, 2.75) is 40.4 Å². The Morgan fingerprint density at radius 1 is 1.32 bits per heavy atom. The van der Waals surface area contributed by atoms with Crippen molar-refractivity contribution in [1.82, 2.24) is 19.6 Å². The lowest BCUT2D eigenvalue weighted by Crippen LogP contribution is -2.04. The smallest absolute Gasteiger partial charge is 0.216 e. The molecule has 2 heterocycles. The number of hydrogen-bond donors (Lipinski definition) is 1. The predicted molar refractivity (Wildman–Crippen MR) is 75.1 cm³/mol. The van der Waals surface area contributed by atoms with Crippen LogP contribution >= 0.6 is 12.4 Å². The SMILES string of the molecule is CCn1cc(NCc2cnn(CC)c2F)c(C)n1.Cl. The van der Waals surface area contributed by atoms with E-state index < -0.39 is 0 Å². The van der Waals surface area contributed by atoms with Crippen molar-refractivity contribution in [2.75, 3.05) is 5.32 Å². The van der Waals surface area contributed by atoms with Gasteiger partial charge in [-0.3, -0.25) is 4.68 Å². The lowest BCUT2D eigenvalue weighted by molar-refractivity contribution is 0.465. The van der Waals surface area contributed by atoms with Crippen LogP contribution in [0.1, 0.15) is 25.1 Å². The van der Waals surface area contributed by atoms with E-state index in [0.717, 1.165) is 17.9 Å². The van der Waals surface area contributed by atoms with E-state index in [4.69, 9.17) is 0 Å². The Labute approximate surface area is 118 Å². The van der Waals surface area contributed by atoms with E-state index in [-0.39, 0.29) is 18.4 Å². The van der Waals surface area contributed by atoms with Crippen molar-refractivity contribution >= 4 is 18.1 Å². The van der Waals surface area contributed by atoms with Gasteiger partial charge in [-0.05, 0) is 20.8 Å². The summed E-state index contributed by atoms with van der Waals surface area (Å²) in [5.74, 6) is -0.273. The zero-order chi connectivity index (χ0) is 13.1. The summed E-state index contributed by atoms with van der Waals surface area (Å²) >= 11 is 0. The lowest BCUT2D eigenvalue weighted by Gasteiger charge is -2.03. The van der Waals surface area contributed by atoms with Crippen molar-refractivity contribution in [3.8, 4) is 0 Å². The Morgan fingerprint density at radius 2 is 2.05 bits per heavy atom. The molecular weight excluding hydrogens is 269 g/mol. The third-order valence-electron chi connectivity index (χ3n) is 2.88. The molecule has 0 radical (unpaired) electrons. The molecule has 106 valence electrons. The van der Waals surface area contributed by atoms with Crippen molar-refractivity contribution < 1.29 is 4.39 Å². The van der Waals surface area contributed by atoms with Crippen LogP contribution in [0.4, 0.5) is 10.1 Å². The maximum atomic E-state index is 13.7. The Kier molecular flexibility index (Phi) is 5.35. The van der Waals surface area contributed by atoms with Gasteiger partial charge in [0.2, 0.25) is 5.95 Å². The number of hydrogen-bond acceptors (Lipinski definition) is 3. The van der Waals surface area contributed by atoms with Gasteiger partial charge in [-0.1, -0.05) is 0 Å². The summed E-state index contributed by atoms with van der Waals surface area (Å²) in [7, 11) is 0.